The fraction of sp³-hybridized carbons (Fsp3) is 0.500. The fourth-order valence-corrected chi connectivity index (χ4v) is 1.56. The summed E-state index contributed by atoms with van der Waals surface area (Å²) in [6.07, 6.45) is 0. The molecule has 5 nitrogen and oxygen atoms in total. The van der Waals surface area contributed by atoms with Crippen LogP contribution in [0.4, 0.5) is 0 Å². The molecule has 0 aliphatic heterocycles. The van der Waals surface area contributed by atoms with Gasteiger partial charge in [-0.15, -0.1) is 0 Å². The average Bonchev–Trinajstić information content (AvgIpc) is 2.27. The molecule has 5 heteroatoms. The molecule has 0 saturated carbocycles. The molecule has 0 aliphatic carbocycles. The van der Waals surface area contributed by atoms with Gasteiger partial charge in [-0.3, -0.25) is 9.88 Å². The van der Waals surface area contributed by atoms with Crippen molar-refractivity contribution >= 4 is 5.84 Å². The number of nitrogens with two attached hydrogens (primary N) is 1. The lowest BCUT2D eigenvalue weighted by Gasteiger charge is -2.25. The predicted molar refractivity (Wildman–Crippen MR) is 67.9 cm³/mol. The van der Waals surface area contributed by atoms with Crippen LogP contribution in [0, 0.1) is 6.92 Å². The minimum absolute atomic E-state index is 0.214. The summed E-state index contributed by atoms with van der Waals surface area (Å²) in [6.45, 7) is 7.23. The van der Waals surface area contributed by atoms with E-state index in [9.17, 15) is 0 Å². The van der Waals surface area contributed by atoms with E-state index >= 15 is 0 Å². The first-order valence-corrected chi connectivity index (χ1v) is 5.66. The van der Waals surface area contributed by atoms with Crippen LogP contribution in [0.3, 0.4) is 0 Å². The highest BCUT2D eigenvalue weighted by Crippen LogP contribution is 2.06. The number of hydrogen-bond donors (Lipinski definition) is 2. The Hall–Kier alpha value is -1.62. The zero-order chi connectivity index (χ0) is 12.8. The summed E-state index contributed by atoms with van der Waals surface area (Å²) in [5.41, 5.74) is 7.52. The van der Waals surface area contributed by atoms with Gasteiger partial charge in [0.05, 0.1) is 12.2 Å². The van der Waals surface area contributed by atoms with Crippen LogP contribution in [0.5, 0.6) is 0 Å². The number of aryl methyl sites for hydroxylation is 1. The summed E-state index contributed by atoms with van der Waals surface area (Å²) in [4.78, 5) is 6.54. The van der Waals surface area contributed by atoms with Crippen LogP contribution in [0.1, 0.15) is 25.2 Å². The van der Waals surface area contributed by atoms with E-state index in [0.717, 1.165) is 11.4 Å². The van der Waals surface area contributed by atoms with Gasteiger partial charge in [0.25, 0.3) is 0 Å². The molecule has 1 heterocycles. The van der Waals surface area contributed by atoms with E-state index in [4.69, 9.17) is 10.9 Å². The molecule has 0 atom stereocenters. The van der Waals surface area contributed by atoms with Gasteiger partial charge in [0, 0.05) is 18.3 Å². The molecule has 0 fully saturated rings. The van der Waals surface area contributed by atoms with Gasteiger partial charge in [0.1, 0.15) is 0 Å². The second kappa shape index (κ2) is 6.20. The highest BCUT2D eigenvalue weighted by atomic mass is 16.4. The number of aromatic nitrogens is 1. The molecule has 0 saturated heterocycles. The molecule has 1 aromatic heterocycles. The molecule has 94 valence electrons. The van der Waals surface area contributed by atoms with E-state index in [1.54, 1.807) is 0 Å². The number of pyridine rings is 1. The molecule has 17 heavy (non-hydrogen) atoms. The monoisotopic (exact) mass is 236 g/mol. The molecule has 0 spiro atoms. The topological polar surface area (TPSA) is 74.7 Å². The SMILES string of the molecule is Cc1cccc(CN(CC(N)=NO)C(C)C)n1. The van der Waals surface area contributed by atoms with Crippen LogP contribution in [0.15, 0.2) is 23.4 Å². The Morgan fingerprint density at radius 1 is 1.53 bits per heavy atom. The van der Waals surface area contributed by atoms with Crippen LogP contribution in [0.2, 0.25) is 0 Å². The summed E-state index contributed by atoms with van der Waals surface area (Å²) >= 11 is 0. The quantitative estimate of drug-likeness (QED) is 0.350. The molecule has 1 rings (SSSR count). The van der Waals surface area contributed by atoms with E-state index in [0.29, 0.717) is 19.1 Å². The zero-order valence-electron chi connectivity index (χ0n) is 10.6. The van der Waals surface area contributed by atoms with Crippen molar-refractivity contribution in [2.45, 2.75) is 33.4 Å². The molecule has 0 radical (unpaired) electrons. The van der Waals surface area contributed by atoms with Crippen molar-refractivity contribution < 1.29 is 5.21 Å². The van der Waals surface area contributed by atoms with Crippen molar-refractivity contribution in [3.8, 4) is 0 Å². The third kappa shape index (κ3) is 4.40. The molecular weight excluding hydrogens is 216 g/mol. The van der Waals surface area contributed by atoms with E-state index in [1.807, 2.05) is 25.1 Å². The highest BCUT2D eigenvalue weighted by Gasteiger charge is 2.12. The number of rotatable bonds is 5. The van der Waals surface area contributed by atoms with E-state index in [-0.39, 0.29) is 5.84 Å². The molecule has 0 unspecified atom stereocenters. The van der Waals surface area contributed by atoms with Crippen molar-refractivity contribution in [2.75, 3.05) is 6.54 Å². The van der Waals surface area contributed by atoms with E-state index in [2.05, 4.69) is 28.9 Å². The zero-order valence-corrected chi connectivity index (χ0v) is 10.6. The minimum Gasteiger partial charge on any atom is -0.409 e. The van der Waals surface area contributed by atoms with Gasteiger partial charge >= 0.3 is 0 Å². The number of oxime groups is 1. The predicted octanol–water partition coefficient (Wildman–Crippen LogP) is 1.35. The Morgan fingerprint density at radius 2 is 2.24 bits per heavy atom. The normalized spacial score (nSPS) is 12.4. The second-order valence-corrected chi connectivity index (χ2v) is 4.36. The van der Waals surface area contributed by atoms with Crippen LogP contribution >= 0.6 is 0 Å². The summed E-state index contributed by atoms with van der Waals surface area (Å²) in [6, 6.07) is 6.23. The third-order valence-electron chi connectivity index (χ3n) is 2.53. The van der Waals surface area contributed by atoms with Crippen LogP contribution < -0.4 is 5.73 Å². The molecule has 0 aromatic carbocycles. The van der Waals surface area contributed by atoms with E-state index < -0.39 is 0 Å². The van der Waals surface area contributed by atoms with Gasteiger partial charge in [-0.25, -0.2) is 0 Å². The van der Waals surface area contributed by atoms with Crippen molar-refractivity contribution in [1.82, 2.24) is 9.88 Å². The molecule has 0 amide bonds. The van der Waals surface area contributed by atoms with Gasteiger partial charge in [-0.1, -0.05) is 11.2 Å². The number of nitrogens with zero attached hydrogens (tertiary/aromatic N) is 3. The maximum absolute atomic E-state index is 8.60. The van der Waals surface area contributed by atoms with Crippen LogP contribution in [-0.4, -0.2) is 33.5 Å². The van der Waals surface area contributed by atoms with Crippen molar-refractivity contribution in [2.24, 2.45) is 10.9 Å². The van der Waals surface area contributed by atoms with Gasteiger partial charge in [-0.05, 0) is 32.9 Å². The molecule has 0 bridgehead atoms. The standard InChI is InChI=1S/C12H20N4O/c1-9(2)16(8-12(13)15-17)7-11-6-4-5-10(3)14-11/h4-6,9,17H,7-8H2,1-3H3,(H2,13,15). The van der Waals surface area contributed by atoms with Gasteiger partial charge < -0.3 is 10.9 Å². The first-order valence-electron chi connectivity index (χ1n) is 5.66. The maximum atomic E-state index is 8.60. The van der Waals surface area contributed by atoms with Crippen molar-refractivity contribution in [3.05, 3.63) is 29.6 Å². The Balaban J connectivity index is 2.73. The Bertz CT molecular complexity index is 390. The lowest BCUT2D eigenvalue weighted by atomic mass is 10.2. The minimum atomic E-state index is 0.214. The van der Waals surface area contributed by atoms with Gasteiger partial charge in [0.15, 0.2) is 5.84 Å². The lowest BCUT2D eigenvalue weighted by Crippen LogP contribution is -2.38. The van der Waals surface area contributed by atoms with Crippen LogP contribution in [0.25, 0.3) is 0 Å². The number of amidine groups is 1. The summed E-state index contributed by atoms with van der Waals surface area (Å²) in [7, 11) is 0. The van der Waals surface area contributed by atoms with Gasteiger partial charge in [-0.2, -0.15) is 0 Å². The van der Waals surface area contributed by atoms with Crippen molar-refractivity contribution in [3.63, 3.8) is 0 Å². The Morgan fingerprint density at radius 3 is 2.76 bits per heavy atom. The maximum Gasteiger partial charge on any atom is 0.153 e. The lowest BCUT2D eigenvalue weighted by molar-refractivity contribution is 0.236. The fourth-order valence-electron chi connectivity index (χ4n) is 1.56. The molecule has 1 aromatic rings. The van der Waals surface area contributed by atoms with Crippen LogP contribution in [-0.2, 0) is 6.54 Å². The highest BCUT2D eigenvalue weighted by molar-refractivity contribution is 5.81. The Kier molecular flexibility index (Phi) is 4.90. The van der Waals surface area contributed by atoms with Gasteiger partial charge in [0.2, 0.25) is 0 Å². The molecular formula is C12H20N4O. The summed E-state index contributed by atoms with van der Waals surface area (Å²) in [5, 5.41) is 11.6. The van der Waals surface area contributed by atoms with Crippen molar-refractivity contribution in [1.29, 1.82) is 0 Å². The number of hydrogen-bond acceptors (Lipinski definition) is 4. The summed E-state index contributed by atoms with van der Waals surface area (Å²) < 4.78 is 0. The Labute approximate surface area is 102 Å². The third-order valence-corrected chi connectivity index (χ3v) is 2.53. The first-order chi connectivity index (χ1) is 8.02. The average molecular weight is 236 g/mol. The largest absolute Gasteiger partial charge is 0.409 e. The molecule has 0 aliphatic rings. The summed E-state index contributed by atoms with van der Waals surface area (Å²) in [5.74, 6) is 0.214. The van der Waals surface area contributed by atoms with E-state index in [1.165, 1.54) is 0 Å². The first kappa shape index (κ1) is 13.4. The second-order valence-electron chi connectivity index (χ2n) is 4.36. The smallest absolute Gasteiger partial charge is 0.153 e. The molecule has 3 N–H and O–H groups in total.